The molecular formula is C11H8BrClFN3. The first-order valence-corrected chi connectivity index (χ1v) is 5.86. The van der Waals surface area contributed by atoms with Crippen LogP contribution in [0.3, 0.4) is 0 Å². The molecule has 0 saturated heterocycles. The quantitative estimate of drug-likeness (QED) is 0.881. The predicted molar refractivity (Wildman–Crippen MR) is 71.0 cm³/mol. The number of nitrogens with two attached hydrogens (primary N) is 1. The number of hydrogen-bond donors (Lipinski definition) is 2. The Morgan fingerprint density at radius 3 is 2.76 bits per heavy atom. The topological polar surface area (TPSA) is 50.9 Å². The second-order valence-corrected chi connectivity index (χ2v) is 4.61. The van der Waals surface area contributed by atoms with Gasteiger partial charge in [-0.2, -0.15) is 0 Å². The molecule has 0 fully saturated rings. The van der Waals surface area contributed by atoms with Crippen molar-refractivity contribution in [3.05, 3.63) is 45.8 Å². The highest BCUT2D eigenvalue weighted by Crippen LogP contribution is 2.26. The van der Waals surface area contributed by atoms with Crippen LogP contribution in [-0.2, 0) is 0 Å². The monoisotopic (exact) mass is 315 g/mol. The first-order chi connectivity index (χ1) is 8.06. The van der Waals surface area contributed by atoms with Gasteiger partial charge in [-0.3, -0.25) is 0 Å². The van der Waals surface area contributed by atoms with Gasteiger partial charge in [0.1, 0.15) is 11.6 Å². The van der Waals surface area contributed by atoms with E-state index in [0.717, 1.165) is 0 Å². The lowest BCUT2D eigenvalue weighted by atomic mass is 10.3. The summed E-state index contributed by atoms with van der Waals surface area (Å²) in [6.07, 6.45) is 1.51. The molecule has 1 heterocycles. The smallest absolute Gasteiger partial charge is 0.144 e. The lowest BCUT2D eigenvalue weighted by molar-refractivity contribution is 0.629. The number of nitrogens with one attached hydrogen (secondary N) is 1. The molecule has 6 heteroatoms. The maximum Gasteiger partial charge on any atom is 0.144 e. The van der Waals surface area contributed by atoms with Gasteiger partial charge in [0.25, 0.3) is 0 Å². The van der Waals surface area contributed by atoms with Crippen molar-refractivity contribution in [2.45, 2.75) is 0 Å². The van der Waals surface area contributed by atoms with Gasteiger partial charge in [-0.25, -0.2) is 9.37 Å². The minimum absolute atomic E-state index is 0.0832. The Labute approximate surface area is 111 Å². The number of anilines is 3. The second kappa shape index (κ2) is 4.89. The highest BCUT2D eigenvalue weighted by Gasteiger charge is 2.05. The van der Waals surface area contributed by atoms with Crippen LogP contribution in [0.1, 0.15) is 0 Å². The van der Waals surface area contributed by atoms with Crippen LogP contribution >= 0.6 is 27.5 Å². The van der Waals surface area contributed by atoms with Gasteiger partial charge >= 0.3 is 0 Å². The molecule has 0 spiro atoms. The van der Waals surface area contributed by atoms with Crippen molar-refractivity contribution in [3.8, 4) is 0 Å². The molecule has 3 N–H and O–H groups in total. The first kappa shape index (κ1) is 12.1. The fourth-order valence-corrected chi connectivity index (χ4v) is 1.84. The SMILES string of the molecule is Nc1cnc(Nc2ccc(Cl)c(F)c2)c(Br)c1. The summed E-state index contributed by atoms with van der Waals surface area (Å²) in [7, 11) is 0. The van der Waals surface area contributed by atoms with Gasteiger partial charge in [0.15, 0.2) is 0 Å². The summed E-state index contributed by atoms with van der Waals surface area (Å²) in [5, 5.41) is 3.04. The number of nitrogen functional groups attached to an aromatic ring is 1. The first-order valence-electron chi connectivity index (χ1n) is 4.69. The Balaban J connectivity index is 2.28. The molecule has 1 aromatic carbocycles. The summed E-state index contributed by atoms with van der Waals surface area (Å²) < 4.78 is 13.9. The highest BCUT2D eigenvalue weighted by molar-refractivity contribution is 9.10. The van der Waals surface area contributed by atoms with Gasteiger partial charge in [-0.05, 0) is 40.2 Å². The molecule has 0 aliphatic heterocycles. The van der Waals surface area contributed by atoms with Crippen LogP contribution in [0, 0.1) is 5.82 Å². The summed E-state index contributed by atoms with van der Waals surface area (Å²) in [5.74, 6) is 0.0733. The summed E-state index contributed by atoms with van der Waals surface area (Å²) in [4.78, 5) is 4.09. The van der Waals surface area contributed by atoms with Crippen LogP contribution in [0.15, 0.2) is 34.9 Å². The van der Waals surface area contributed by atoms with E-state index in [2.05, 4.69) is 26.2 Å². The van der Waals surface area contributed by atoms with E-state index in [4.69, 9.17) is 17.3 Å². The molecule has 0 amide bonds. The number of pyridine rings is 1. The van der Waals surface area contributed by atoms with Crippen LogP contribution in [-0.4, -0.2) is 4.98 Å². The Morgan fingerprint density at radius 2 is 2.12 bits per heavy atom. The molecular weight excluding hydrogens is 308 g/mol. The maximum atomic E-state index is 13.2. The van der Waals surface area contributed by atoms with E-state index >= 15 is 0 Å². The van der Waals surface area contributed by atoms with Crippen molar-refractivity contribution in [1.29, 1.82) is 0 Å². The third-order valence-corrected chi connectivity index (χ3v) is 2.96. The molecule has 88 valence electrons. The maximum absolute atomic E-state index is 13.2. The van der Waals surface area contributed by atoms with Crippen molar-refractivity contribution in [1.82, 2.24) is 4.98 Å². The van der Waals surface area contributed by atoms with Crippen molar-refractivity contribution in [2.24, 2.45) is 0 Å². The Kier molecular flexibility index (Phi) is 3.49. The second-order valence-electron chi connectivity index (χ2n) is 3.35. The number of rotatable bonds is 2. The third kappa shape index (κ3) is 2.87. The number of nitrogens with zero attached hydrogens (tertiary/aromatic N) is 1. The molecule has 1 aromatic heterocycles. The van der Waals surface area contributed by atoms with Gasteiger partial charge in [0.2, 0.25) is 0 Å². The summed E-state index contributed by atoms with van der Waals surface area (Å²) in [5.41, 5.74) is 6.67. The molecule has 2 aromatic rings. The minimum atomic E-state index is -0.483. The number of hydrogen-bond acceptors (Lipinski definition) is 3. The minimum Gasteiger partial charge on any atom is -0.397 e. The van der Waals surface area contributed by atoms with E-state index in [9.17, 15) is 4.39 Å². The van der Waals surface area contributed by atoms with E-state index < -0.39 is 5.82 Å². The van der Waals surface area contributed by atoms with Crippen LogP contribution < -0.4 is 11.1 Å². The lowest BCUT2D eigenvalue weighted by Crippen LogP contribution is -1.96. The van der Waals surface area contributed by atoms with Crippen molar-refractivity contribution in [2.75, 3.05) is 11.1 Å². The number of aromatic nitrogens is 1. The summed E-state index contributed by atoms with van der Waals surface area (Å²) in [6, 6.07) is 6.15. The predicted octanol–water partition coefficient (Wildman–Crippen LogP) is 3.96. The average Bonchev–Trinajstić information content (AvgIpc) is 2.27. The molecule has 0 radical (unpaired) electrons. The summed E-state index contributed by atoms with van der Waals surface area (Å²) in [6.45, 7) is 0. The Morgan fingerprint density at radius 1 is 1.35 bits per heavy atom. The molecule has 0 atom stereocenters. The van der Waals surface area contributed by atoms with Crippen LogP contribution in [0.25, 0.3) is 0 Å². The van der Waals surface area contributed by atoms with E-state index in [1.165, 1.54) is 18.3 Å². The Hall–Kier alpha value is -1.33. The van der Waals surface area contributed by atoms with E-state index in [1.807, 2.05) is 0 Å². The number of benzene rings is 1. The normalized spacial score (nSPS) is 10.3. The molecule has 0 aliphatic rings. The zero-order valence-corrected chi connectivity index (χ0v) is 10.9. The van der Waals surface area contributed by atoms with Crippen LogP contribution in [0.5, 0.6) is 0 Å². The van der Waals surface area contributed by atoms with Crippen molar-refractivity contribution >= 4 is 44.7 Å². The van der Waals surface area contributed by atoms with Gasteiger partial charge in [0.05, 0.1) is 21.4 Å². The molecule has 0 aliphatic carbocycles. The third-order valence-electron chi connectivity index (χ3n) is 2.04. The zero-order chi connectivity index (χ0) is 12.4. The largest absolute Gasteiger partial charge is 0.397 e. The molecule has 2 rings (SSSR count). The fourth-order valence-electron chi connectivity index (χ4n) is 1.26. The van der Waals surface area contributed by atoms with Gasteiger partial charge in [0, 0.05) is 5.69 Å². The fraction of sp³-hybridized carbons (Fsp3) is 0. The number of halogens is 3. The van der Waals surface area contributed by atoms with E-state index in [0.29, 0.717) is 21.7 Å². The van der Waals surface area contributed by atoms with E-state index in [1.54, 1.807) is 12.1 Å². The van der Waals surface area contributed by atoms with Gasteiger partial charge in [-0.15, -0.1) is 0 Å². The molecule has 17 heavy (non-hydrogen) atoms. The van der Waals surface area contributed by atoms with E-state index in [-0.39, 0.29) is 5.02 Å². The van der Waals surface area contributed by atoms with Crippen LogP contribution in [0.4, 0.5) is 21.6 Å². The highest BCUT2D eigenvalue weighted by atomic mass is 79.9. The lowest BCUT2D eigenvalue weighted by Gasteiger charge is -2.08. The molecule has 0 saturated carbocycles. The molecule has 0 bridgehead atoms. The summed E-state index contributed by atoms with van der Waals surface area (Å²) >= 11 is 8.90. The standard InChI is InChI=1S/C11H8BrClFN3/c12-8-3-6(15)5-16-11(8)17-7-1-2-9(13)10(14)4-7/h1-5H,15H2,(H,16,17). The van der Waals surface area contributed by atoms with Crippen molar-refractivity contribution in [3.63, 3.8) is 0 Å². The van der Waals surface area contributed by atoms with Crippen molar-refractivity contribution < 1.29 is 4.39 Å². The Bertz CT molecular complexity index is 562. The van der Waals surface area contributed by atoms with Gasteiger partial charge in [-0.1, -0.05) is 11.6 Å². The van der Waals surface area contributed by atoms with Crippen LogP contribution in [0.2, 0.25) is 5.02 Å². The average molecular weight is 317 g/mol. The molecule has 3 nitrogen and oxygen atoms in total. The van der Waals surface area contributed by atoms with Gasteiger partial charge < -0.3 is 11.1 Å². The zero-order valence-electron chi connectivity index (χ0n) is 8.55. The molecule has 0 unspecified atom stereocenters.